The second kappa shape index (κ2) is 7.73. The first-order valence-electron chi connectivity index (χ1n) is 6.46. The van der Waals surface area contributed by atoms with Crippen molar-refractivity contribution in [1.29, 1.82) is 0 Å². The summed E-state index contributed by atoms with van der Waals surface area (Å²) < 4.78 is 5.02. The van der Waals surface area contributed by atoms with Gasteiger partial charge in [-0.2, -0.15) is 0 Å². The summed E-state index contributed by atoms with van der Waals surface area (Å²) in [6, 6.07) is 3.91. The fourth-order valence-electron chi connectivity index (χ4n) is 1.72. The number of anilines is 1. The molecule has 0 saturated carbocycles. The molecule has 21 heavy (non-hydrogen) atoms. The number of benzene rings is 1. The first-order chi connectivity index (χ1) is 9.83. The lowest BCUT2D eigenvalue weighted by Crippen LogP contribution is -2.42. The van der Waals surface area contributed by atoms with Gasteiger partial charge in [0.2, 0.25) is 0 Å². The zero-order valence-corrected chi connectivity index (χ0v) is 12.9. The average molecular weight is 315 g/mol. The highest BCUT2D eigenvalue weighted by Crippen LogP contribution is 2.27. The molecular formula is C14H19ClN2O4. The molecule has 0 bridgehead atoms. The van der Waals surface area contributed by atoms with E-state index in [0.717, 1.165) is 0 Å². The molecule has 1 unspecified atom stereocenters. The van der Waals surface area contributed by atoms with Crippen LogP contribution in [0.1, 0.15) is 20.3 Å². The van der Waals surface area contributed by atoms with Crippen LogP contribution < -0.4 is 15.4 Å². The third kappa shape index (κ3) is 5.51. The first kappa shape index (κ1) is 17.1. The molecule has 1 rings (SSSR count). The molecule has 1 atom stereocenters. The molecule has 1 aromatic rings. The van der Waals surface area contributed by atoms with Gasteiger partial charge >= 0.3 is 12.0 Å². The number of halogens is 1. The van der Waals surface area contributed by atoms with Crippen molar-refractivity contribution in [2.75, 3.05) is 12.4 Å². The maximum Gasteiger partial charge on any atom is 0.319 e. The van der Waals surface area contributed by atoms with Gasteiger partial charge < -0.3 is 20.5 Å². The van der Waals surface area contributed by atoms with E-state index in [1.54, 1.807) is 18.2 Å². The van der Waals surface area contributed by atoms with Crippen LogP contribution in [0.2, 0.25) is 5.02 Å². The molecule has 6 nitrogen and oxygen atoms in total. The molecule has 7 heteroatoms. The SMILES string of the molecule is COc1ccc(NC(=O)NC(CC(=O)O)C(C)C)cc1Cl. The van der Waals surface area contributed by atoms with Crippen molar-refractivity contribution < 1.29 is 19.4 Å². The molecular weight excluding hydrogens is 296 g/mol. The molecule has 0 aromatic heterocycles. The summed E-state index contributed by atoms with van der Waals surface area (Å²) in [6.07, 6.45) is -0.131. The van der Waals surface area contributed by atoms with Crippen molar-refractivity contribution in [3.63, 3.8) is 0 Å². The Labute approximate surface area is 128 Å². The quantitative estimate of drug-likeness (QED) is 0.753. The Morgan fingerprint density at radius 1 is 1.38 bits per heavy atom. The van der Waals surface area contributed by atoms with Crippen LogP contribution in [-0.2, 0) is 4.79 Å². The van der Waals surface area contributed by atoms with Crippen LogP contribution in [0.15, 0.2) is 18.2 Å². The summed E-state index contributed by atoms with van der Waals surface area (Å²) in [5.74, 6) is -0.443. The number of rotatable bonds is 6. The van der Waals surface area contributed by atoms with E-state index >= 15 is 0 Å². The Kier molecular flexibility index (Phi) is 6.30. The van der Waals surface area contributed by atoms with Crippen LogP contribution in [-0.4, -0.2) is 30.3 Å². The van der Waals surface area contributed by atoms with Gasteiger partial charge in [-0.1, -0.05) is 25.4 Å². The van der Waals surface area contributed by atoms with Crippen LogP contribution in [0.5, 0.6) is 5.75 Å². The van der Waals surface area contributed by atoms with Crippen molar-refractivity contribution >= 4 is 29.3 Å². The standard InChI is InChI=1S/C14H19ClN2O4/c1-8(2)11(7-13(18)19)17-14(20)16-9-4-5-12(21-3)10(15)6-9/h4-6,8,11H,7H2,1-3H3,(H,18,19)(H2,16,17,20). The van der Waals surface area contributed by atoms with Gasteiger partial charge in [0, 0.05) is 11.7 Å². The smallest absolute Gasteiger partial charge is 0.319 e. The molecule has 0 aliphatic heterocycles. The van der Waals surface area contributed by atoms with Gasteiger partial charge in [-0.15, -0.1) is 0 Å². The number of methoxy groups -OCH3 is 1. The van der Waals surface area contributed by atoms with E-state index in [-0.39, 0.29) is 12.3 Å². The minimum Gasteiger partial charge on any atom is -0.495 e. The predicted octanol–water partition coefficient (Wildman–Crippen LogP) is 2.97. The van der Waals surface area contributed by atoms with E-state index < -0.39 is 18.0 Å². The second-order valence-corrected chi connectivity index (χ2v) is 5.30. The molecule has 0 aliphatic carbocycles. The molecule has 3 N–H and O–H groups in total. The summed E-state index contributed by atoms with van der Waals surface area (Å²) >= 11 is 5.96. The lowest BCUT2D eigenvalue weighted by atomic mass is 10.0. The number of carbonyl (C=O) groups excluding carboxylic acids is 1. The Morgan fingerprint density at radius 3 is 2.52 bits per heavy atom. The van der Waals surface area contributed by atoms with E-state index in [1.165, 1.54) is 7.11 Å². The maximum atomic E-state index is 11.9. The van der Waals surface area contributed by atoms with Crippen LogP contribution in [0.25, 0.3) is 0 Å². The Hall–Kier alpha value is -1.95. The summed E-state index contributed by atoms with van der Waals surface area (Å²) in [6.45, 7) is 3.69. The minimum atomic E-state index is -0.957. The first-order valence-corrected chi connectivity index (χ1v) is 6.84. The highest BCUT2D eigenvalue weighted by molar-refractivity contribution is 6.32. The number of carboxylic acids is 1. The second-order valence-electron chi connectivity index (χ2n) is 4.90. The van der Waals surface area contributed by atoms with Crippen LogP contribution in [0, 0.1) is 5.92 Å². The third-order valence-corrected chi connectivity index (χ3v) is 3.22. The lowest BCUT2D eigenvalue weighted by molar-refractivity contribution is -0.137. The largest absolute Gasteiger partial charge is 0.495 e. The molecule has 0 spiro atoms. The van der Waals surface area contributed by atoms with Crippen LogP contribution in [0.4, 0.5) is 10.5 Å². The number of nitrogens with one attached hydrogen (secondary N) is 2. The molecule has 0 fully saturated rings. The van der Waals surface area contributed by atoms with E-state index in [0.29, 0.717) is 16.5 Å². The van der Waals surface area contributed by atoms with Gasteiger partial charge in [-0.25, -0.2) is 4.79 Å². The molecule has 0 radical (unpaired) electrons. The lowest BCUT2D eigenvalue weighted by Gasteiger charge is -2.21. The average Bonchev–Trinajstić information content (AvgIpc) is 2.37. The van der Waals surface area contributed by atoms with Gasteiger partial charge in [0.25, 0.3) is 0 Å². The number of aliphatic carboxylic acids is 1. The molecule has 0 aliphatic rings. The van der Waals surface area contributed by atoms with Gasteiger partial charge in [0.05, 0.1) is 18.6 Å². The van der Waals surface area contributed by atoms with E-state index in [4.69, 9.17) is 21.4 Å². The summed E-state index contributed by atoms with van der Waals surface area (Å²) in [5, 5.41) is 14.5. The van der Waals surface area contributed by atoms with Crippen molar-refractivity contribution in [3.05, 3.63) is 23.2 Å². The van der Waals surface area contributed by atoms with Gasteiger partial charge in [-0.05, 0) is 24.1 Å². The number of hydrogen-bond acceptors (Lipinski definition) is 3. The Balaban J connectivity index is 2.67. The minimum absolute atomic E-state index is 0.00584. The maximum absolute atomic E-state index is 11.9. The van der Waals surface area contributed by atoms with Gasteiger partial charge in [0.1, 0.15) is 5.75 Å². The van der Waals surface area contributed by atoms with Gasteiger partial charge in [-0.3, -0.25) is 4.79 Å². The fourth-order valence-corrected chi connectivity index (χ4v) is 1.98. The number of carboxylic acid groups (broad SMARTS) is 1. The zero-order valence-electron chi connectivity index (χ0n) is 12.1. The number of carbonyl (C=O) groups is 2. The van der Waals surface area contributed by atoms with Crippen LogP contribution in [0.3, 0.4) is 0 Å². The van der Waals surface area contributed by atoms with Crippen molar-refractivity contribution in [2.45, 2.75) is 26.3 Å². The molecule has 0 heterocycles. The van der Waals surface area contributed by atoms with Crippen LogP contribution >= 0.6 is 11.6 Å². The number of hydrogen-bond donors (Lipinski definition) is 3. The normalized spacial score (nSPS) is 11.9. The predicted molar refractivity (Wildman–Crippen MR) is 81.0 cm³/mol. The molecule has 0 saturated heterocycles. The molecule has 1 aromatic carbocycles. The highest BCUT2D eigenvalue weighted by atomic mass is 35.5. The Bertz CT molecular complexity index is 520. The van der Waals surface area contributed by atoms with E-state index in [9.17, 15) is 9.59 Å². The fraction of sp³-hybridized carbons (Fsp3) is 0.429. The number of ether oxygens (including phenoxy) is 1. The van der Waals surface area contributed by atoms with E-state index in [2.05, 4.69) is 10.6 Å². The Morgan fingerprint density at radius 2 is 2.05 bits per heavy atom. The number of amides is 2. The topological polar surface area (TPSA) is 87.7 Å². The summed E-state index contributed by atoms with van der Waals surface area (Å²) in [5.41, 5.74) is 0.496. The molecule has 116 valence electrons. The monoisotopic (exact) mass is 314 g/mol. The molecule has 2 amide bonds. The van der Waals surface area contributed by atoms with Crippen molar-refractivity contribution in [3.8, 4) is 5.75 Å². The van der Waals surface area contributed by atoms with Crippen molar-refractivity contribution in [1.82, 2.24) is 5.32 Å². The summed E-state index contributed by atoms with van der Waals surface area (Å²) in [4.78, 5) is 22.7. The van der Waals surface area contributed by atoms with E-state index in [1.807, 2.05) is 13.8 Å². The third-order valence-electron chi connectivity index (χ3n) is 2.93. The number of urea groups is 1. The van der Waals surface area contributed by atoms with Gasteiger partial charge in [0.15, 0.2) is 0 Å². The summed E-state index contributed by atoms with van der Waals surface area (Å²) in [7, 11) is 1.50. The highest BCUT2D eigenvalue weighted by Gasteiger charge is 2.19. The zero-order chi connectivity index (χ0) is 16.0. The van der Waals surface area contributed by atoms with Crippen molar-refractivity contribution in [2.24, 2.45) is 5.92 Å².